The maximum atomic E-state index is 12.9. The number of halogens is 2. The molecule has 0 aromatic heterocycles. The van der Waals surface area contributed by atoms with Crippen LogP contribution in [0.3, 0.4) is 0 Å². The molecule has 1 aromatic carbocycles. The van der Waals surface area contributed by atoms with Gasteiger partial charge in [-0.3, -0.25) is 4.79 Å². The SMILES string of the molecule is O=C(NC1CCCCCC1)[C@H]1CCCN(S(=O)(=O)Cc2c(Cl)cccc2Cl)C1. The Balaban J connectivity index is 1.64. The molecule has 0 bridgehead atoms. The summed E-state index contributed by atoms with van der Waals surface area (Å²) in [5.74, 6) is -0.557. The van der Waals surface area contributed by atoms with E-state index in [0.29, 0.717) is 28.6 Å². The minimum atomic E-state index is -3.60. The van der Waals surface area contributed by atoms with Gasteiger partial charge in [0.15, 0.2) is 0 Å². The van der Waals surface area contributed by atoms with Crippen molar-refractivity contribution < 1.29 is 13.2 Å². The van der Waals surface area contributed by atoms with Crippen molar-refractivity contribution in [2.24, 2.45) is 5.92 Å². The summed E-state index contributed by atoms with van der Waals surface area (Å²) in [6, 6.07) is 5.19. The van der Waals surface area contributed by atoms with E-state index in [1.54, 1.807) is 18.2 Å². The number of hydrogen-bond donors (Lipinski definition) is 1. The Kier molecular flexibility index (Phi) is 7.65. The first kappa shape index (κ1) is 21.9. The molecule has 156 valence electrons. The van der Waals surface area contributed by atoms with E-state index in [2.05, 4.69) is 5.32 Å². The molecule has 1 saturated heterocycles. The number of amides is 1. The molecule has 2 aliphatic rings. The largest absolute Gasteiger partial charge is 0.353 e. The summed E-state index contributed by atoms with van der Waals surface area (Å²) in [4.78, 5) is 12.7. The second kappa shape index (κ2) is 9.79. The molecule has 1 atom stereocenters. The van der Waals surface area contributed by atoms with Crippen molar-refractivity contribution in [2.45, 2.75) is 63.2 Å². The molecule has 3 rings (SSSR count). The summed E-state index contributed by atoms with van der Waals surface area (Å²) in [5.41, 5.74) is 0.413. The first-order valence-corrected chi connectivity index (χ1v) is 12.4. The number of carbonyl (C=O) groups excluding carboxylic acids is 1. The van der Waals surface area contributed by atoms with E-state index in [0.717, 1.165) is 32.1 Å². The van der Waals surface area contributed by atoms with Gasteiger partial charge in [-0.05, 0) is 37.8 Å². The Labute approximate surface area is 177 Å². The van der Waals surface area contributed by atoms with Gasteiger partial charge in [-0.25, -0.2) is 12.7 Å². The van der Waals surface area contributed by atoms with Gasteiger partial charge >= 0.3 is 0 Å². The molecular weight excluding hydrogens is 419 g/mol. The molecule has 0 unspecified atom stereocenters. The lowest BCUT2D eigenvalue weighted by molar-refractivity contribution is -0.126. The quantitative estimate of drug-likeness (QED) is 0.682. The van der Waals surface area contributed by atoms with Crippen LogP contribution in [-0.2, 0) is 20.6 Å². The van der Waals surface area contributed by atoms with Gasteiger partial charge in [0.2, 0.25) is 15.9 Å². The molecule has 1 saturated carbocycles. The highest BCUT2D eigenvalue weighted by atomic mass is 35.5. The van der Waals surface area contributed by atoms with E-state index in [4.69, 9.17) is 23.2 Å². The molecule has 28 heavy (non-hydrogen) atoms. The van der Waals surface area contributed by atoms with Gasteiger partial charge in [-0.2, -0.15) is 0 Å². The summed E-state index contributed by atoms with van der Waals surface area (Å²) in [6.07, 6.45) is 8.19. The summed E-state index contributed by atoms with van der Waals surface area (Å²) in [5, 5.41) is 3.85. The molecule has 1 aliphatic heterocycles. The molecule has 8 heteroatoms. The zero-order valence-corrected chi connectivity index (χ0v) is 18.3. The first-order valence-electron chi connectivity index (χ1n) is 10.1. The number of rotatable bonds is 5. The van der Waals surface area contributed by atoms with Crippen LogP contribution >= 0.6 is 23.2 Å². The van der Waals surface area contributed by atoms with Crippen molar-refractivity contribution in [2.75, 3.05) is 13.1 Å². The topological polar surface area (TPSA) is 66.5 Å². The Morgan fingerprint density at radius 2 is 1.68 bits per heavy atom. The minimum absolute atomic E-state index is 0.0115. The van der Waals surface area contributed by atoms with Crippen molar-refractivity contribution in [1.82, 2.24) is 9.62 Å². The van der Waals surface area contributed by atoms with Gasteiger partial charge in [0.25, 0.3) is 0 Å². The van der Waals surface area contributed by atoms with E-state index in [1.165, 1.54) is 17.1 Å². The van der Waals surface area contributed by atoms with Crippen LogP contribution < -0.4 is 5.32 Å². The predicted octanol–water partition coefficient (Wildman–Crippen LogP) is 4.37. The molecule has 1 N–H and O–H groups in total. The highest BCUT2D eigenvalue weighted by Crippen LogP contribution is 2.29. The summed E-state index contributed by atoms with van der Waals surface area (Å²) < 4.78 is 27.3. The number of carbonyl (C=O) groups is 1. The van der Waals surface area contributed by atoms with Gasteiger partial charge in [0.05, 0.1) is 11.7 Å². The Morgan fingerprint density at radius 1 is 1.04 bits per heavy atom. The van der Waals surface area contributed by atoms with Gasteiger partial charge in [-0.1, -0.05) is 55.0 Å². The van der Waals surface area contributed by atoms with E-state index in [9.17, 15) is 13.2 Å². The van der Waals surface area contributed by atoms with Crippen molar-refractivity contribution in [1.29, 1.82) is 0 Å². The monoisotopic (exact) mass is 446 g/mol. The smallest absolute Gasteiger partial charge is 0.224 e. The van der Waals surface area contributed by atoms with Crippen molar-refractivity contribution in [3.8, 4) is 0 Å². The number of benzene rings is 1. The maximum absolute atomic E-state index is 12.9. The summed E-state index contributed by atoms with van der Waals surface area (Å²) in [7, 11) is -3.60. The molecule has 1 amide bonds. The Hall–Kier alpha value is -0.820. The van der Waals surface area contributed by atoms with E-state index >= 15 is 0 Å². The summed E-state index contributed by atoms with van der Waals surface area (Å²) >= 11 is 12.3. The van der Waals surface area contributed by atoms with Crippen molar-refractivity contribution in [3.63, 3.8) is 0 Å². The lowest BCUT2D eigenvalue weighted by atomic mass is 9.97. The number of hydrogen-bond acceptors (Lipinski definition) is 3. The second-order valence-corrected chi connectivity index (χ2v) is 10.6. The zero-order valence-electron chi connectivity index (χ0n) is 16.0. The van der Waals surface area contributed by atoms with Crippen molar-refractivity contribution >= 4 is 39.1 Å². The van der Waals surface area contributed by atoms with Crippen LogP contribution in [0.4, 0.5) is 0 Å². The van der Waals surface area contributed by atoms with Crippen LogP contribution in [0.2, 0.25) is 10.0 Å². The molecule has 5 nitrogen and oxygen atoms in total. The third kappa shape index (κ3) is 5.62. The fourth-order valence-corrected chi connectivity index (χ4v) is 6.46. The molecule has 1 aliphatic carbocycles. The molecule has 1 heterocycles. The van der Waals surface area contributed by atoms with Gasteiger partial charge in [0.1, 0.15) is 0 Å². The van der Waals surface area contributed by atoms with Crippen molar-refractivity contribution in [3.05, 3.63) is 33.8 Å². The molecular formula is C20H28Cl2N2O3S. The maximum Gasteiger partial charge on any atom is 0.224 e. The molecule has 0 radical (unpaired) electrons. The fraction of sp³-hybridized carbons (Fsp3) is 0.650. The van der Waals surface area contributed by atoms with Crippen LogP contribution in [0, 0.1) is 5.92 Å². The lowest BCUT2D eigenvalue weighted by Gasteiger charge is -2.32. The Bertz CT molecular complexity index is 772. The van der Waals surface area contributed by atoms with Gasteiger partial charge < -0.3 is 5.32 Å². The van der Waals surface area contributed by atoms with Gasteiger partial charge in [0, 0.05) is 34.7 Å². The number of nitrogens with zero attached hydrogens (tertiary/aromatic N) is 1. The highest BCUT2D eigenvalue weighted by molar-refractivity contribution is 7.88. The summed E-state index contributed by atoms with van der Waals surface area (Å²) in [6.45, 7) is 0.653. The normalized spacial score (nSPS) is 22.6. The minimum Gasteiger partial charge on any atom is -0.353 e. The van der Waals surface area contributed by atoms with Crippen LogP contribution in [0.5, 0.6) is 0 Å². The third-order valence-electron chi connectivity index (χ3n) is 5.74. The lowest BCUT2D eigenvalue weighted by Crippen LogP contribution is -2.47. The van der Waals surface area contributed by atoms with Crippen LogP contribution in [-0.4, -0.2) is 37.8 Å². The molecule has 2 fully saturated rings. The fourth-order valence-electron chi connectivity index (χ4n) is 4.10. The second-order valence-electron chi connectivity index (χ2n) is 7.85. The van der Waals surface area contributed by atoms with E-state index in [-0.39, 0.29) is 30.2 Å². The average molecular weight is 447 g/mol. The van der Waals surface area contributed by atoms with Crippen LogP contribution in [0.25, 0.3) is 0 Å². The first-order chi connectivity index (χ1) is 13.4. The predicted molar refractivity (Wildman–Crippen MR) is 113 cm³/mol. The number of nitrogens with one attached hydrogen (secondary N) is 1. The molecule has 1 aromatic rings. The van der Waals surface area contributed by atoms with E-state index < -0.39 is 10.0 Å². The third-order valence-corrected chi connectivity index (χ3v) is 8.22. The Morgan fingerprint density at radius 3 is 2.32 bits per heavy atom. The number of piperidine rings is 1. The highest BCUT2D eigenvalue weighted by Gasteiger charge is 2.33. The van der Waals surface area contributed by atoms with E-state index in [1.807, 2.05) is 0 Å². The zero-order chi connectivity index (χ0) is 20.1. The van der Waals surface area contributed by atoms with Crippen LogP contribution in [0.15, 0.2) is 18.2 Å². The standard InChI is InChI=1S/C20H28Cl2N2O3S/c21-18-10-5-11-19(22)17(18)14-28(26,27)24-12-6-7-15(13-24)20(25)23-16-8-3-1-2-4-9-16/h5,10-11,15-16H,1-4,6-9,12-14H2,(H,23,25)/t15-/m0/s1. The average Bonchev–Trinajstić information content (AvgIpc) is 2.94. The number of sulfonamides is 1. The van der Waals surface area contributed by atoms with Crippen LogP contribution in [0.1, 0.15) is 56.9 Å². The van der Waals surface area contributed by atoms with Gasteiger partial charge in [-0.15, -0.1) is 0 Å². The molecule has 0 spiro atoms.